The zero-order chi connectivity index (χ0) is 16.1. The van der Waals surface area contributed by atoms with E-state index < -0.39 is 6.04 Å². The predicted molar refractivity (Wildman–Crippen MR) is 85.9 cm³/mol. The average molecular weight is 320 g/mol. The predicted octanol–water partition coefficient (Wildman–Crippen LogP) is 1.85. The minimum Gasteiger partial charge on any atom is -0.359 e. The maximum atomic E-state index is 12.5. The van der Waals surface area contributed by atoms with Gasteiger partial charge in [0.2, 0.25) is 5.91 Å². The van der Waals surface area contributed by atoms with Gasteiger partial charge in [-0.05, 0) is 29.9 Å². The lowest BCUT2D eigenvalue weighted by molar-refractivity contribution is -0.121. The van der Waals surface area contributed by atoms with Crippen LogP contribution in [0.2, 0.25) is 0 Å². The van der Waals surface area contributed by atoms with Crippen molar-refractivity contribution >= 4 is 29.9 Å². The fourth-order valence-corrected chi connectivity index (χ4v) is 3.42. The van der Waals surface area contributed by atoms with Gasteiger partial charge >= 0.3 is 0 Å². The van der Waals surface area contributed by atoms with Crippen LogP contribution in [0.3, 0.4) is 0 Å². The summed E-state index contributed by atoms with van der Waals surface area (Å²) in [5.74, 6) is 0.680. The van der Waals surface area contributed by atoms with Crippen LogP contribution in [0, 0.1) is 0 Å². The Kier molecular flexibility index (Phi) is 5.60. The van der Waals surface area contributed by atoms with E-state index in [9.17, 15) is 14.4 Å². The van der Waals surface area contributed by atoms with Crippen LogP contribution >= 0.6 is 11.8 Å². The van der Waals surface area contributed by atoms with E-state index in [1.807, 2.05) is 12.1 Å². The van der Waals surface area contributed by atoms with Crippen molar-refractivity contribution in [1.82, 2.24) is 10.2 Å². The van der Waals surface area contributed by atoms with Crippen LogP contribution in [0.15, 0.2) is 23.1 Å². The number of carbonyl (C=O) groups excluding carboxylic acids is 3. The molecule has 1 aliphatic heterocycles. The van der Waals surface area contributed by atoms with Crippen LogP contribution in [-0.2, 0) is 16.1 Å². The van der Waals surface area contributed by atoms with Gasteiger partial charge in [0.15, 0.2) is 0 Å². The lowest BCUT2D eigenvalue weighted by Crippen LogP contribution is -2.37. The number of thioether (sulfide) groups is 1. The van der Waals surface area contributed by atoms with Crippen LogP contribution in [-0.4, -0.2) is 41.8 Å². The molecule has 2 amide bonds. The molecular formula is C16H20N2O3S. The molecule has 1 N–H and O–H groups in total. The summed E-state index contributed by atoms with van der Waals surface area (Å²) in [6.07, 6.45) is 1.34. The summed E-state index contributed by atoms with van der Waals surface area (Å²) in [7, 11) is 1.56. The quantitative estimate of drug-likeness (QED) is 0.615. The van der Waals surface area contributed by atoms with Gasteiger partial charge in [0.25, 0.3) is 5.91 Å². The fourth-order valence-electron chi connectivity index (χ4n) is 2.59. The van der Waals surface area contributed by atoms with E-state index >= 15 is 0 Å². The molecule has 1 aromatic carbocycles. The second-order valence-corrected chi connectivity index (χ2v) is 6.37. The third kappa shape index (κ3) is 3.32. The summed E-state index contributed by atoms with van der Waals surface area (Å²) in [4.78, 5) is 37.9. The lowest BCUT2D eigenvalue weighted by Gasteiger charge is -2.22. The molecule has 1 aliphatic rings. The van der Waals surface area contributed by atoms with E-state index in [0.717, 1.165) is 22.5 Å². The second-order valence-electron chi connectivity index (χ2n) is 5.06. The topological polar surface area (TPSA) is 66.5 Å². The van der Waals surface area contributed by atoms with Gasteiger partial charge in [0.1, 0.15) is 6.29 Å². The van der Waals surface area contributed by atoms with Gasteiger partial charge in [0, 0.05) is 30.5 Å². The third-order valence-corrected chi connectivity index (χ3v) is 4.74. The van der Waals surface area contributed by atoms with Crippen molar-refractivity contribution < 1.29 is 14.4 Å². The number of carbonyl (C=O) groups is 3. The van der Waals surface area contributed by atoms with Gasteiger partial charge in [-0.3, -0.25) is 9.59 Å². The van der Waals surface area contributed by atoms with Crippen molar-refractivity contribution in [2.75, 3.05) is 12.8 Å². The Balaban J connectivity index is 2.17. The van der Waals surface area contributed by atoms with E-state index in [4.69, 9.17) is 0 Å². The highest BCUT2D eigenvalue weighted by Gasteiger charge is 2.33. The summed E-state index contributed by atoms with van der Waals surface area (Å²) in [5.41, 5.74) is 1.66. The average Bonchev–Trinajstić information content (AvgIpc) is 2.86. The van der Waals surface area contributed by atoms with Crippen molar-refractivity contribution in [3.8, 4) is 0 Å². The summed E-state index contributed by atoms with van der Waals surface area (Å²) in [6.45, 7) is 2.50. The molecule has 0 radical (unpaired) electrons. The van der Waals surface area contributed by atoms with Crippen LogP contribution in [0.25, 0.3) is 0 Å². The highest BCUT2D eigenvalue weighted by molar-refractivity contribution is 7.99. The molecule has 1 heterocycles. The highest BCUT2D eigenvalue weighted by Crippen LogP contribution is 2.33. The molecule has 0 aromatic heterocycles. The first kappa shape index (κ1) is 16.5. The third-order valence-electron chi connectivity index (χ3n) is 3.76. The summed E-state index contributed by atoms with van der Waals surface area (Å²) in [5, 5.41) is 2.53. The molecule has 6 heteroatoms. The van der Waals surface area contributed by atoms with Crippen LogP contribution < -0.4 is 5.32 Å². The lowest BCUT2D eigenvalue weighted by atomic mass is 10.1. The van der Waals surface area contributed by atoms with Crippen molar-refractivity contribution in [3.63, 3.8) is 0 Å². The summed E-state index contributed by atoms with van der Waals surface area (Å²) in [6, 6.07) is 5.12. The van der Waals surface area contributed by atoms with Crippen LogP contribution in [0.4, 0.5) is 0 Å². The number of amides is 2. The van der Waals surface area contributed by atoms with Crippen molar-refractivity contribution in [3.05, 3.63) is 29.3 Å². The first-order chi connectivity index (χ1) is 10.6. The standard InChI is InChI=1S/C16H20N2O3S/c1-3-22-14-6-4-5-12-13(14)9-18(16(12)21)11(10-19)7-8-15(20)17-2/h4-6,10-11H,3,7-9H2,1-2H3,(H,17,20). The van der Waals surface area contributed by atoms with Gasteiger partial charge in [-0.1, -0.05) is 13.0 Å². The number of rotatable bonds is 7. The Bertz CT molecular complexity index is 589. The number of hydrogen-bond acceptors (Lipinski definition) is 4. The molecule has 22 heavy (non-hydrogen) atoms. The molecule has 0 saturated heterocycles. The normalized spacial score (nSPS) is 14.6. The van der Waals surface area contributed by atoms with Gasteiger partial charge in [-0.25, -0.2) is 0 Å². The Morgan fingerprint density at radius 3 is 2.91 bits per heavy atom. The number of benzene rings is 1. The summed E-state index contributed by atoms with van der Waals surface area (Å²) < 4.78 is 0. The van der Waals surface area contributed by atoms with Crippen molar-refractivity contribution in [2.24, 2.45) is 0 Å². The zero-order valence-electron chi connectivity index (χ0n) is 12.8. The largest absolute Gasteiger partial charge is 0.359 e. The number of hydrogen-bond donors (Lipinski definition) is 1. The Morgan fingerprint density at radius 1 is 1.50 bits per heavy atom. The molecule has 1 unspecified atom stereocenters. The maximum Gasteiger partial charge on any atom is 0.255 e. The van der Waals surface area contributed by atoms with E-state index in [0.29, 0.717) is 18.5 Å². The molecule has 0 spiro atoms. The van der Waals surface area contributed by atoms with E-state index in [1.165, 1.54) is 0 Å². The van der Waals surface area contributed by atoms with E-state index in [-0.39, 0.29) is 18.2 Å². The Hall–Kier alpha value is -1.82. The van der Waals surface area contributed by atoms with Gasteiger partial charge < -0.3 is 15.0 Å². The molecular weight excluding hydrogens is 300 g/mol. The van der Waals surface area contributed by atoms with Gasteiger partial charge in [-0.15, -0.1) is 11.8 Å². The molecule has 118 valence electrons. The van der Waals surface area contributed by atoms with Crippen LogP contribution in [0.5, 0.6) is 0 Å². The summed E-state index contributed by atoms with van der Waals surface area (Å²) >= 11 is 1.69. The van der Waals surface area contributed by atoms with Crippen molar-refractivity contribution in [2.45, 2.75) is 37.2 Å². The van der Waals surface area contributed by atoms with Gasteiger partial charge in [0.05, 0.1) is 6.04 Å². The van der Waals surface area contributed by atoms with E-state index in [2.05, 4.69) is 12.2 Å². The van der Waals surface area contributed by atoms with Crippen LogP contribution in [0.1, 0.15) is 35.7 Å². The molecule has 1 aromatic rings. The molecule has 0 fully saturated rings. The number of nitrogens with zero attached hydrogens (tertiary/aromatic N) is 1. The highest BCUT2D eigenvalue weighted by atomic mass is 32.2. The first-order valence-corrected chi connectivity index (χ1v) is 8.32. The fraction of sp³-hybridized carbons (Fsp3) is 0.438. The molecule has 1 atom stereocenters. The van der Waals surface area contributed by atoms with E-state index in [1.54, 1.807) is 29.8 Å². The second kappa shape index (κ2) is 7.45. The molecule has 0 bridgehead atoms. The Morgan fingerprint density at radius 2 is 2.27 bits per heavy atom. The SMILES string of the molecule is CCSc1cccc2c1CN(C(C=O)CCC(=O)NC)C2=O. The Labute approximate surface area is 134 Å². The van der Waals surface area contributed by atoms with Crippen molar-refractivity contribution in [1.29, 1.82) is 0 Å². The number of nitrogens with one attached hydrogen (secondary N) is 1. The number of fused-ring (bicyclic) bond motifs is 1. The zero-order valence-corrected chi connectivity index (χ0v) is 13.6. The van der Waals surface area contributed by atoms with Gasteiger partial charge in [-0.2, -0.15) is 0 Å². The molecule has 0 saturated carbocycles. The minimum atomic E-state index is -0.559. The minimum absolute atomic E-state index is 0.123. The monoisotopic (exact) mass is 320 g/mol. The maximum absolute atomic E-state index is 12.5. The molecule has 0 aliphatic carbocycles. The molecule has 2 rings (SSSR count). The smallest absolute Gasteiger partial charge is 0.255 e. The number of aldehydes is 1. The first-order valence-electron chi connectivity index (χ1n) is 7.33. The molecule has 5 nitrogen and oxygen atoms in total.